The fourth-order valence-electron chi connectivity index (χ4n) is 3.03. The number of nitrogens with one attached hydrogen (secondary N) is 1. The van der Waals surface area contributed by atoms with Crippen molar-refractivity contribution < 1.29 is 9.53 Å². The zero-order chi connectivity index (χ0) is 19.2. The molecular formula is C23H22ClNO2. The van der Waals surface area contributed by atoms with Gasteiger partial charge in [-0.15, -0.1) is 0 Å². The minimum atomic E-state index is -0.245. The Morgan fingerprint density at radius 3 is 2.41 bits per heavy atom. The van der Waals surface area contributed by atoms with Gasteiger partial charge in [-0.3, -0.25) is 4.79 Å². The molecule has 3 aromatic rings. The molecule has 1 N–H and O–H groups in total. The molecule has 0 aliphatic carbocycles. The summed E-state index contributed by atoms with van der Waals surface area (Å²) >= 11 is 6.24. The molecule has 27 heavy (non-hydrogen) atoms. The number of amides is 1. The lowest BCUT2D eigenvalue weighted by Gasteiger charge is -2.22. The Morgan fingerprint density at radius 1 is 1.04 bits per heavy atom. The molecule has 0 aliphatic heterocycles. The summed E-state index contributed by atoms with van der Waals surface area (Å²) in [5.41, 5.74) is 3.71. The van der Waals surface area contributed by atoms with Gasteiger partial charge >= 0.3 is 0 Å². The molecule has 0 bridgehead atoms. The highest BCUT2D eigenvalue weighted by molar-refractivity contribution is 6.32. The first kappa shape index (κ1) is 19.0. The predicted octanol–water partition coefficient (Wildman–Crippen LogP) is 5.57. The van der Waals surface area contributed by atoms with E-state index in [0.717, 1.165) is 16.7 Å². The Labute approximate surface area is 164 Å². The van der Waals surface area contributed by atoms with Crippen LogP contribution in [0.4, 0.5) is 0 Å². The standard InChI is InChI=1S/C23H22ClNO2/c1-3-27-21-14-13-18(15-20(21)24)23(26)25-22(17-10-5-4-6-11-17)19-12-8-7-9-16(19)2/h4-15,22H,3H2,1-2H3,(H,25,26)/t22-/m0/s1. The van der Waals surface area contributed by atoms with Gasteiger partial charge in [0.2, 0.25) is 0 Å². The van der Waals surface area contributed by atoms with Crippen LogP contribution in [0.5, 0.6) is 5.75 Å². The molecule has 0 heterocycles. The number of aryl methyl sites for hydroxylation is 1. The Balaban J connectivity index is 1.92. The number of hydrogen-bond donors (Lipinski definition) is 1. The van der Waals surface area contributed by atoms with E-state index >= 15 is 0 Å². The molecule has 0 radical (unpaired) electrons. The highest BCUT2D eigenvalue weighted by atomic mass is 35.5. The molecule has 0 spiro atoms. The van der Waals surface area contributed by atoms with Crippen molar-refractivity contribution in [3.63, 3.8) is 0 Å². The van der Waals surface area contributed by atoms with Crippen LogP contribution in [-0.2, 0) is 0 Å². The third-order valence-corrected chi connectivity index (χ3v) is 4.70. The van der Waals surface area contributed by atoms with E-state index in [9.17, 15) is 4.79 Å². The van der Waals surface area contributed by atoms with Crippen molar-refractivity contribution in [1.29, 1.82) is 0 Å². The maximum Gasteiger partial charge on any atom is 0.252 e. The first-order chi connectivity index (χ1) is 13.1. The summed E-state index contributed by atoms with van der Waals surface area (Å²) in [5, 5.41) is 3.57. The molecule has 0 saturated carbocycles. The SMILES string of the molecule is CCOc1ccc(C(=O)N[C@@H](c2ccccc2)c2ccccc2C)cc1Cl. The van der Waals surface area contributed by atoms with Gasteiger partial charge in [0.05, 0.1) is 17.7 Å². The van der Waals surface area contributed by atoms with E-state index in [0.29, 0.717) is 22.9 Å². The Morgan fingerprint density at radius 2 is 1.74 bits per heavy atom. The van der Waals surface area contributed by atoms with Crippen molar-refractivity contribution >= 4 is 17.5 Å². The third kappa shape index (κ3) is 4.50. The Kier molecular flexibility index (Phi) is 6.15. The number of hydrogen-bond acceptors (Lipinski definition) is 2. The maximum absolute atomic E-state index is 12.9. The second-order valence-corrected chi connectivity index (χ2v) is 6.66. The summed E-state index contributed by atoms with van der Waals surface area (Å²) in [5.74, 6) is 0.395. The average molecular weight is 380 g/mol. The molecule has 3 aromatic carbocycles. The van der Waals surface area contributed by atoms with Gasteiger partial charge in [0.1, 0.15) is 5.75 Å². The second-order valence-electron chi connectivity index (χ2n) is 6.25. The van der Waals surface area contributed by atoms with Gasteiger partial charge in [-0.2, -0.15) is 0 Å². The molecule has 3 nitrogen and oxygen atoms in total. The summed E-state index contributed by atoms with van der Waals surface area (Å²) in [6.07, 6.45) is 0. The summed E-state index contributed by atoms with van der Waals surface area (Å²) in [7, 11) is 0. The zero-order valence-corrected chi connectivity index (χ0v) is 16.2. The number of rotatable bonds is 6. The van der Waals surface area contributed by atoms with Crippen LogP contribution in [0.1, 0.15) is 40.0 Å². The molecule has 1 amide bonds. The van der Waals surface area contributed by atoms with E-state index in [4.69, 9.17) is 16.3 Å². The van der Waals surface area contributed by atoms with Crippen molar-refractivity contribution in [3.8, 4) is 5.75 Å². The summed E-state index contributed by atoms with van der Waals surface area (Å²) in [6, 6.07) is 22.9. The van der Waals surface area contributed by atoms with Crippen LogP contribution in [0.25, 0.3) is 0 Å². The third-order valence-electron chi connectivity index (χ3n) is 4.40. The largest absolute Gasteiger partial charge is 0.492 e. The van der Waals surface area contributed by atoms with Crippen LogP contribution in [0.3, 0.4) is 0 Å². The summed E-state index contributed by atoms with van der Waals surface area (Å²) in [6.45, 7) is 4.46. The zero-order valence-electron chi connectivity index (χ0n) is 15.4. The number of benzene rings is 3. The van der Waals surface area contributed by atoms with E-state index in [-0.39, 0.29) is 11.9 Å². The minimum absolute atomic E-state index is 0.183. The van der Waals surface area contributed by atoms with Crippen molar-refractivity contribution in [2.75, 3.05) is 6.61 Å². The quantitative estimate of drug-likeness (QED) is 0.608. The van der Waals surface area contributed by atoms with Crippen LogP contribution in [-0.4, -0.2) is 12.5 Å². The maximum atomic E-state index is 12.9. The van der Waals surface area contributed by atoms with Gasteiger partial charge in [-0.1, -0.05) is 66.2 Å². The molecule has 138 valence electrons. The van der Waals surface area contributed by atoms with E-state index < -0.39 is 0 Å². The number of carbonyl (C=O) groups is 1. The molecular weight excluding hydrogens is 358 g/mol. The molecule has 0 saturated heterocycles. The van der Waals surface area contributed by atoms with Gasteiger partial charge in [0.25, 0.3) is 5.91 Å². The van der Waals surface area contributed by atoms with E-state index in [1.165, 1.54) is 0 Å². The van der Waals surface area contributed by atoms with Crippen LogP contribution in [0.15, 0.2) is 72.8 Å². The molecule has 4 heteroatoms. The lowest BCUT2D eigenvalue weighted by molar-refractivity contribution is 0.0943. The van der Waals surface area contributed by atoms with Crippen molar-refractivity contribution in [3.05, 3.63) is 100 Å². The van der Waals surface area contributed by atoms with Crippen LogP contribution in [0.2, 0.25) is 5.02 Å². The molecule has 3 rings (SSSR count). The lowest BCUT2D eigenvalue weighted by atomic mass is 9.94. The highest BCUT2D eigenvalue weighted by Gasteiger charge is 2.19. The average Bonchev–Trinajstić information content (AvgIpc) is 2.69. The molecule has 0 unspecified atom stereocenters. The van der Waals surface area contributed by atoms with E-state index in [2.05, 4.69) is 5.32 Å². The Hall–Kier alpha value is -2.78. The van der Waals surface area contributed by atoms with Crippen molar-refractivity contribution in [2.24, 2.45) is 0 Å². The summed E-state index contributed by atoms with van der Waals surface area (Å²) < 4.78 is 5.44. The first-order valence-corrected chi connectivity index (χ1v) is 9.31. The molecule has 0 aliphatic rings. The van der Waals surface area contributed by atoms with Gasteiger partial charge in [-0.05, 0) is 48.7 Å². The van der Waals surface area contributed by atoms with Crippen LogP contribution >= 0.6 is 11.6 Å². The predicted molar refractivity (Wildman–Crippen MR) is 110 cm³/mol. The molecule has 0 fully saturated rings. The van der Waals surface area contributed by atoms with Crippen LogP contribution < -0.4 is 10.1 Å². The van der Waals surface area contributed by atoms with E-state index in [1.54, 1.807) is 18.2 Å². The smallest absolute Gasteiger partial charge is 0.252 e. The number of ether oxygens (including phenoxy) is 1. The number of carbonyl (C=O) groups excluding carboxylic acids is 1. The van der Waals surface area contributed by atoms with E-state index in [1.807, 2.05) is 68.4 Å². The monoisotopic (exact) mass is 379 g/mol. The fourth-order valence-corrected chi connectivity index (χ4v) is 3.26. The van der Waals surface area contributed by atoms with Gasteiger partial charge < -0.3 is 10.1 Å². The van der Waals surface area contributed by atoms with Gasteiger partial charge in [-0.25, -0.2) is 0 Å². The summed E-state index contributed by atoms with van der Waals surface area (Å²) in [4.78, 5) is 12.9. The second kappa shape index (κ2) is 8.74. The molecule has 1 atom stereocenters. The van der Waals surface area contributed by atoms with Crippen molar-refractivity contribution in [2.45, 2.75) is 19.9 Å². The topological polar surface area (TPSA) is 38.3 Å². The lowest BCUT2D eigenvalue weighted by Crippen LogP contribution is -2.29. The normalized spacial score (nSPS) is 11.7. The van der Waals surface area contributed by atoms with Crippen molar-refractivity contribution in [1.82, 2.24) is 5.32 Å². The Bertz CT molecular complexity index is 925. The fraction of sp³-hybridized carbons (Fsp3) is 0.174. The highest BCUT2D eigenvalue weighted by Crippen LogP contribution is 2.28. The first-order valence-electron chi connectivity index (χ1n) is 8.94. The minimum Gasteiger partial charge on any atom is -0.492 e. The van der Waals surface area contributed by atoms with Gasteiger partial charge in [0, 0.05) is 5.56 Å². The van der Waals surface area contributed by atoms with Crippen LogP contribution in [0, 0.1) is 6.92 Å². The number of halogens is 1. The van der Waals surface area contributed by atoms with Gasteiger partial charge in [0.15, 0.2) is 0 Å². The molecule has 0 aromatic heterocycles.